The summed E-state index contributed by atoms with van der Waals surface area (Å²) in [5, 5.41) is 3.27. The fraction of sp³-hybridized carbons (Fsp3) is 0.125. The summed E-state index contributed by atoms with van der Waals surface area (Å²) in [6.07, 6.45) is 0. The Hall–Kier alpha value is -1.22. The molecule has 24 heavy (non-hydrogen) atoms. The van der Waals surface area contributed by atoms with Gasteiger partial charge in [-0.15, -0.1) is 0 Å². The van der Waals surface area contributed by atoms with Crippen LogP contribution in [0.5, 0.6) is 17.2 Å². The second kappa shape index (κ2) is 5.66. The minimum atomic E-state index is -0.931. The summed E-state index contributed by atoms with van der Waals surface area (Å²) in [6, 6.07) is 8.55. The van der Waals surface area contributed by atoms with Gasteiger partial charge in [0.05, 0.1) is 11.3 Å². The minimum Gasteiger partial charge on any atom is -0.497 e. The molecule has 0 radical (unpaired) electrons. The van der Waals surface area contributed by atoms with Crippen molar-refractivity contribution in [3.05, 3.63) is 51.7 Å². The predicted octanol–water partition coefficient (Wildman–Crippen LogP) is 4.89. The molecular weight excluding hydrogens is 433 g/mol. The largest absolute Gasteiger partial charge is 0.497 e. The maximum atomic E-state index is 14.6. The molecule has 1 saturated heterocycles. The van der Waals surface area contributed by atoms with Crippen molar-refractivity contribution < 1.29 is 13.9 Å². The van der Waals surface area contributed by atoms with Gasteiger partial charge in [0, 0.05) is 21.7 Å². The monoisotopic (exact) mass is 441 g/mol. The molecule has 2 heterocycles. The van der Waals surface area contributed by atoms with Crippen LogP contribution in [0, 0.1) is 5.82 Å². The molecular formula is C16H9BrFNO2S3. The number of thioether (sulfide) groups is 1. The summed E-state index contributed by atoms with van der Waals surface area (Å²) < 4.78 is 27.7. The first-order chi connectivity index (χ1) is 11.5. The quantitative estimate of drug-likeness (QED) is 0.633. The van der Waals surface area contributed by atoms with E-state index in [1.54, 1.807) is 12.1 Å². The zero-order valence-corrected chi connectivity index (χ0v) is 16.2. The number of ether oxygens (including phenoxy) is 2. The van der Waals surface area contributed by atoms with Crippen LogP contribution >= 0.6 is 52.1 Å². The standard InChI is InChI=1S/C16H9BrFNO2S3/c1-20-8-5-10-13(11(18)6-8)21-12-3-2-7(17)4-9(12)16(10)14(22)24-15(23)19-16/h2-6H,1H3,(H,19,23). The van der Waals surface area contributed by atoms with Gasteiger partial charge in [-0.2, -0.15) is 0 Å². The van der Waals surface area contributed by atoms with E-state index in [2.05, 4.69) is 21.2 Å². The van der Waals surface area contributed by atoms with E-state index in [4.69, 9.17) is 33.9 Å². The smallest absolute Gasteiger partial charge is 0.169 e. The van der Waals surface area contributed by atoms with Crippen LogP contribution in [0.1, 0.15) is 11.1 Å². The molecule has 0 saturated carbocycles. The maximum absolute atomic E-state index is 14.6. The van der Waals surface area contributed by atoms with Gasteiger partial charge < -0.3 is 14.8 Å². The van der Waals surface area contributed by atoms with E-state index in [1.165, 1.54) is 24.9 Å². The van der Waals surface area contributed by atoms with Gasteiger partial charge in [0.25, 0.3) is 0 Å². The number of nitrogens with one attached hydrogen (secondary N) is 1. The van der Waals surface area contributed by atoms with E-state index in [-0.39, 0.29) is 5.75 Å². The highest BCUT2D eigenvalue weighted by Gasteiger charge is 2.51. The first kappa shape index (κ1) is 16.3. The second-order valence-electron chi connectivity index (χ2n) is 5.28. The van der Waals surface area contributed by atoms with E-state index in [0.717, 1.165) is 10.0 Å². The van der Waals surface area contributed by atoms with Gasteiger partial charge >= 0.3 is 0 Å². The van der Waals surface area contributed by atoms with Gasteiger partial charge in [-0.25, -0.2) is 4.39 Å². The van der Waals surface area contributed by atoms with Crippen molar-refractivity contribution in [2.45, 2.75) is 5.54 Å². The van der Waals surface area contributed by atoms with Crippen LogP contribution in [-0.2, 0) is 5.54 Å². The fourth-order valence-corrected chi connectivity index (χ4v) is 5.19. The molecule has 8 heteroatoms. The number of benzene rings is 2. The van der Waals surface area contributed by atoms with Crippen molar-refractivity contribution in [1.82, 2.24) is 5.32 Å². The SMILES string of the molecule is COc1cc(F)c2c(c1)C1(NC(=S)SC1=S)c1cc(Br)ccc1O2. The second-order valence-corrected chi connectivity index (χ2v) is 8.55. The van der Waals surface area contributed by atoms with Gasteiger partial charge in [0.15, 0.2) is 11.6 Å². The van der Waals surface area contributed by atoms with Crippen LogP contribution in [-0.4, -0.2) is 15.6 Å². The molecule has 0 aromatic heterocycles. The highest BCUT2D eigenvalue weighted by Crippen LogP contribution is 2.54. The Morgan fingerprint density at radius 3 is 2.71 bits per heavy atom. The van der Waals surface area contributed by atoms with Crippen LogP contribution in [0.25, 0.3) is 0 Å². The van der Waals surface area contributed by atoms with Gasteiger partial charge in [-0.1, -0.05) is 52.1 Å². The van der Waals surface area contributed by atoms with Crippen molar-refractivity contribution in [3.8, 4) is 17.2 Å². The van der Waals surface area contributed by atoms with E-state index >= 15 is 0 Å². The van der Waals surface area contributed by atoms with E-state index in [0.29, 0.717) is 25.6 Å². The molecule has 1 N–H and O–H groups in total. The van der Waals surface area contributed by atoms with E-state index in [9.17, 15) is 4.39 Å². The first-order valence-electron chi connectivity index (χ1n) is 6.86. The number of fused-ring (bicyclic) bond motifs is 4. The lowest BCUT2D eigenvalue weighted by Crippen LogP contribution is -2.45. The summed E-state index contributed by atoms with van der Waals surface area (Å²) in [5.74, 6) is 0.547. The molecule has 1 spiro atoms. The van der Waals surface area contributed by atoms with E-state index in [1.807, 2.05) is 12.1 Å². The van der Waals surface area contributed by atoms with Gasteiger partial charge in [0.2, 0.25) is 0 Å². The average molecular weight is 442 g/mol. The average Bonchev–Trinajstić information content (AvgIpc) is 2.84. The highest BCUT2D eigenvalue weighted by atomic mass is 79.9. The number of hydrogen-bond donors (Lipinski definition) is 1. The van der Waals surface area contributed by atoms with E-state index < -0.39 is 11.4 Å². The molecule has 4 rings (SSSR count). The van der Waals surface area contributed by atoms with Gasteiger partial charge in [-0.05, 0) is 24.3 Å². The normalized spacial score (nSPS) is 21.1. The van der Waals surface area contributed by atoms with Crippen LogP contribution in [0.2, 0.25) is 0 Å². The lowest BCUT2D eigenvalue weighted by atomic mass is 9.81. The highest BCUT2D eigenvalue weighted by molar-refractivity contribution is 9.10. The number of thiocarbonyl (C=S) groups is 2. The third kappa shape index (κ3) is 2.20. The topological polar surface area (TPSA) is 30.5 Å². The van der Waals surface area contributed by atoms with Crippen LogP contribution in [0.4, 0.5) is 4.39 Å². The summed E-state index contributed by atoms with van der Waals surface area (Å²) >= 11 is 15.7. The lowest BCUT2D eigenvalue weighted by Gasteiger charge is -2.37. The Bertz CT molecular complexity index is 920. The summed E-state index contributed by atoms with van der Waals surface area (Å²) in [4.78, 5) is 0. The number of halogens is 2. The van der Waals surface area contributed by atoms with Gasteiger partial charge in [0.1, 0.15) is 21.4 Å². The zero-order chi connectivity index (χ0) is 17.1. The maximum Gasteiger partial charge on any atom is 0.169 e. The third-order valence-electron chi connectivity index (χ3n) is 4.00. The number of methoxy groups -OCH3 is 1. The molecule has 1 unspecified atom stereocenters. The van der Waals surface area contributed by atoms with Crippen molar-refractivity contribution in [1.29, 1.82) is 0 Å². The summed E-state index contributed by atoms with van der Waals surface area (Å²) in [5.41, 5.74) is 0.413. The Kier molecular flexibility index (Phi) is 3.83. The Labute approximate surface area is 161 Å². The molecule has 2 aromatic rings. The van der Waals surface area contributed by atoms with Crippen LogP contribution in [0.3, 0.4) is 0 Å². The molecule has 0 aliphatic carbocycles. The predicted molar refractivity (Wildman–Crippen MR) is 104 cm³/mol. The zero-order valence-electron chi connectivity index (χ0n) is 12.2. The molecule has 2 aliphatic heterocycles. The Morgan fingerprint density at radius 1 is 1.25 bits per heavy atom. The Balaban J connectivity index is 2.09. The summed E-state index contributed by atoms with van der Waals surface area (Å²) in [6.45, 7) is 0. The first-order valence-corrected chi connectivity index (χ1v) is 9.28. The molecule has 0 amide bonds. The fourth-order valence-electron chi connectivity index (χ4n) is 2.95. The third-order valence-corrected chi connectivity index (χ3v) is 6.18. The van der Waals surface area contributed by atoms with Gasteiger partial charge in [-0.3, -0.25) is 0 Å². The van der Waals surface area contributed by atoms with Crippen LogP contribution < -0.4 is 14.8 Å². The molecule has 1 atom stereocenters. The van der Waals surface area contributed by atoms with Crippen molar-refractivity contribution in [2.75, 3.05) is 7.11 Å². The number of hydrogen-bond acceptors (Lipinski definition) is 5. The molecule has 3 nitrogen and oxygen atoms in total. The number of rotatable bonds is 1. The molecule has 2 aliphatic rings. The van der Waals surface area contributed by atoms with Crippen molar-refractivity contribution in [3.63, 3.8) is 0 Å². The summed E-state index contributed by atoms with van der Waals surface area (Å²) in [7, 11) is 1.49. The Morgan fingerprint density at radius 2 is 2.04 bits per heavy atom. The molecule has 2 aromatic carbocycles. The minimum absolute atomic E-state index is 0.130. The van der Waals surface area contributed by atoms with Crippen molar-refractivity contribution in [2.24, 2.45) is 0 Å². The molecule has 122 valence electrons. The van der Waals surface area contributed by atoms with Crippen molar-refractivity contribution >= 4 is 60.6 Å². The van der Waals surface area contributed by atoms with Crippen LogP contribution in [0.15, 0.2) is 34.8 Å². The lowest BCUT2D eigenvalue weighted by molar-refractivity contribution is 0.379. The molecule has 1 fully saturated rings. The molecule has 0 bridgehead atoms.